The lowest BCUT2D eigenvalue weighted by Gasteiger charge is -2.05. The number of nitrogens with one attached hydrogen (secondary N) is 1. The second kappa shape index (κ2) is 6.11. The summed E-state index contributed by atoms with van der Waals surface area (Å²) in [6.45, 7) is 9.13. The number of thiazole rings is 1. The van der Waals surface area contributed by atoms with Crippen LogP contribution in [0.1, 0.15) is 30.1 Å². The van der Waals surface area contributed by atoms with Gasteiger partial charge in [-0.1, -0.05) is 13.8 Å². The Hall–Kier alpha value is -1.20. The molecule has 0 radical (unpaired) electrons. The molecule has 98 valence electrons. The topological polar surface area (TPSA) is 42.7 Å². The number of nitrogens with zero attached hydrogens (tertiary/aromatic N) is 3. The second-order valence-electron chi connectivity index (χ2n) is 4.95. The normalized spacial score (nSPS) is 11.3. The fourth-order valence-electron chi connectivity index (χ4n) is 1.70. The lowest BCUT2D eigenvalue weighted by Crippen LogP contribution is -2.18. The van der Waals surface area contributed by atoms with E-state index >= 15 is 0 Å². The molecule has 5 heteroatoms. The summed E-state index contributed by atoms with van der Waals surface area (Å²) in [6, 6.07) is 0. The summed E-state index contributed by atoms with van der Waals surface area (Å²) < 4.78 is 1.95. The number of aromatic nitrogens is 3. The highest BCUT2D eigenvalue weighted by Crippen LogP contribution is 2.10. The molecule has 2 aromatic heterocycles. The van der Waals surface area contributed by atoms with Gasteiger partial charge >= 0.3 is 0 Å². The summed E-state index contributed by atoms with van der Waals surface area (Å²) in [4.78, 5) is 4.44. The number of aryl methyl sites for hydroxylation is 1. The van der Waals surface area contributed by atoms with Crippen molar-refractivity contribution >= 4 is 11.3 Å². The minimum atomic E-state index is 0.679. The van der Waals surface area contributed by atoms with Crippen LogP contribution in [0.4, 0.5) is 0 Å². The van der Waals surface area contributed by atoms with Gasteiger partial charge in [0.15, 0.2) is 0 Å². The van der Waals surface area contributed by atoms with Crippen LogP contribution in [-0.2, 0) is 13.1 Å². The van der Waals surface area contributed by atoms with E-state index in [4.69, 9.17) is 0 Å². The van der Waals surface area contributed by atoms with Gasteiger partial charge in [-0.15, -0.1) is 11.3 Å². The van der Waals surface area contributed by atoms with Crippen molar-refractivity contribution in [1.82, 2.24) is 20.1 Å². The van der Waals surface area contributed by atoms with Crippen molar-refractivity contribution in [3.63, 3.8) is 0 Å². The minimum absolute atomic E-state index is 0.679. The Labute approximate surface area is 112 Å². The van der Waals surface area contributed by atoms with Crippen LogP contribution >= 0.6 is 11.3 Å². The van der Waals surface area contributed by atoms with Gasteiger partial charge in [0.1, 0.15) is 5.01 Å². The Morgan fingerprint density at radius 2 is 2.28 bits per heavy atom. The van der Waals surface area contributed by atoms with Gasteiger partial charge in [-0.3, -0.25) is 4.68 Å². The maximum atomic E-state index is 4.44. The van der Waals surface area contributed by atoms with Crippen LogP contribution in [0.25, 0.3) is 0 Å². The zero-order valence-electron chi connectivity index (χ0n) is 11.2. The molecule has 2 heterocycles. The average Bonchev–Trinajstić information content (AvgIpc) is 2.89. The molecule has 0 unspecified atom stereocenters. The lowest BCUT2D eigenvalue weighted by molar-refractivity contribution is 0.552. The largest absolute Gasteiger partial charge is 0.312 e. The minimum Gasteiger partial charge on any atom is -0.312 e. The van der Waals surface area contributed by atoms with Gasteiger partial charge in [-0.25, -0.2) is 4.98 Å². The summed E-state index contributed by atoms with van der Waals surface area (Å²) in [7, 11) is 0. The van der Waals surface area contributed by atoms with Crippen LogP contribution in [0, 0.1) is 12.8 Å². The molecule has 18 heavy (non-hydrogen) atoms. The molecule has 0 saturated heterocycles. The maximum absolute atomic E-state index is 4.44. The Balaban J connectivity index is 1.86. The van der Waals surface area contributed by atoms with Gasteiger partial charge in [0.25, 0.3) is 0 Å². The number of hydrogen-bond acceptors (Lipinski definition) is 4. The first-order chi connectivity index (χ1) is 8.63. The smallest absolute Gasteiger partial charge is 0.114 e. The van der Waals surface area contributed by atoms with Gasteiger partial charge in [-0.05, 0) is 19.4 Å². The molecule has 0 spiro atoms. The van der Waals surface area contributed by atoms with Crippen LogP contribution in [0.5, 0.6) is 0 Å². The SMILES string of the molecule is Cc1csc(Cn2cc(CNCC(C)C)cn2)n1. The van der Waals surface area contributed by atoms with Crippen molar-refractivity contribution in [2.24, 2.45) is 5.92 Å². The van der Waals surface area contributed by atoms with E-state index < -0.39 is 0 Å². The first-order valence-corrected chi connectivity index (χ1v) is 7.14. The molecule has 0 saturated carbocycles. The summed E-state index contributed by atoms with van der Waals surface area (Å²) in [5.41, 5.74) is 2.31. The predicted octanol–water partition coefficient (Wildman–Crippen LogP) is 2.44. The van der Waals surface area contributed by atoms with E-state index in [1.54, 1.807) is 11.3 Å². The van der Waals surface area contributed by atoms with E-state index in [2.05, 4.69) is 40.8 Å². The third kappa shape index (κ3) is 3.92. The molecule has 4 nitrogen and oxygen atoms in total. The average molecular weight is 264 g/mol. The predicted molar refractivity (Wildman–Crippen MR) is 74.7 cm³/mol. The Morgan fingerprint density at radius 3 is 2.94 bits per heavy atom. The van der Waals surface area contributed by atoms with E-state index in [0.29, 0.717) is 5.92 Å². The Kier molecular flexibility index (Phi) is 4.49. The fraction of sp³-hybridized carbons (Fsp3) is 0.538. The standard InChI is InChI=1S/C13H20N4S/c1-10(2)4-14-5-12-6-15-17(7-12)8-13-16-11(3)9-18-13/h6-7,9-10,14H,4-5,8H2,1-3H3. The van der Waals surface area contributed by atoms with E-state index in [1.165, 1.54) is 5.56 Å². The Bertz CT molecular complexity index is 487. The van der Waals surface area contributed by atoms with Crippen LogP contribution in [0.3, 0.4) is 0 Å². The number of rotatable bonds is 6. The van der Waals surface area contributed by atoms with Crippen molar-refractivity contribution < 1.29 is 0 Å². The molecule has 1 N–H and O–H groups in total. The quantitative estimate of drug-likeness (QED) is 0.871. The van der Waals surface area contributed by atoms with Crippen LogP contribution < -0.4 is 5.32 Å². The zero-order valence-corrected chi connectivity index (χ0v) is 12.0. The van der Waals surface area contributed by atoms with Gasteiger partial charge < -0.3 is 5.32 Å². The monoisotopic (exact) mass is 264 g/mol. The lowest BCUT2D eigenvalue weighted by atomic mass is 10.2. The van der Waals surface area contributed by atoms with Crippen molar-refractivity contribution in [2.45, 2.75) is 33.9 Å². The maximum Gasteiger partial charge on any atom is 0.114 e. The van der Waals surface area contributed by atoms with Crippen molar-refractivity contribution in [3.05, 3.63) is 34.0 Å². The molecule has 0 aliphatic heterocycles. The van der Waals surface area contributed by atoms with E-state index in [0.717, 1.165) is 30.3 Å². The third-order valence-corrected chi connectivity index (χ3v) is 3.48. The molecular weight excluding hydrogens is 244 g/mol. The third-order valence-electron chi connectivity index (χ3n) is 2.53. The Morgan fingerprint density at radius 1 is 1.44 bits per heavy atom. The molecule has 0 amide bonds. The van der Waals surface area contributed by atoms with E-state index in [9.17, 15) is 0 Å². The molecule has 0 atom stereocenters. The molecule has 0 fully saturated rings. The zero-order chi connectivity index (χ0) is 13.0. The summed E-state index contributed by atoms with van der Waals surface area (Å²) >= 11 is 1.69. The van der Waals surface area contributed by atoms with Crippen molar-refractivity contribution in [1.29, 1.82) is 0 Å². The van der Waals surface area contributed by atoms with Crippen molar-refractivity contribution in [2.75, 3.05) is 6.54 Å². The summed E-state index contributed by atoms with van der Waals surface area (Å²) in [5.74, 6) is 0.679. The molecule has 0 aromatic carbocycles. The summed E-state index contributed by atoms with van der Waals surface area (Å²) in [6.07, 6.45) is 4.01. The summed E-state index contributed by atoms with van der Waals surface area (Å²) in [5, 5.41) is 11.0. The van der Waals surface area contributed by atoms with Gasteiger partial charge in [-0.2, -0.15) is 5.10 Å². The van der Waals surface area contributed by atoms with Crippen LogP contribution in [0.15, 0.2) is 17.8 Å². The highest BCUT2D eigenvalue weighted by molar-refractivity contribution is 7.09. The van der Waals surface area contributed by atoms with E-state index in [1.807, 2.05) is 17.8 Å². The molecule has 0 bridgehead atoms. The van der Waals surface area contributed by atoms with Crippen LogP contribution in [-0.4, -0.2) is 21.3 Å². The molecule has 2 aromatic rings. The molecule has 0 aliphatic rings. The second-order valence-corrected chi connectivity index (χ2v) is 5.90. The molecule has 0 aliphatic carbocycles. The fourth-order valence-corrected chi connectivity index (χ4v) is 2.47. The highest BCUT2D eigenvalue weighted by atomic mass is 32.1. The van der Waals surface area contributed by atoms with Crippen molar-refractivity contribution in [3.8, 4) is 0 Å². The van der Waals surface area contributed by atoms with Gasteiger partial charge in [0.2, 0.25) is 0 Å². The molecule has 2 rings (SSSR count). The molecular formula is C13H20N4S. The van der Waals surface area contributed by atoms with Crippen LogP contribution in [0.2, 0.25) is 0 Å². The number of hydrogen-bond donors (Lipinski definition) is 1. The first kappa shape index (κ1) is 13.2. The highest BCUT2D eigenvalue weighted by Gasteiger charge is 2.03. The van der Waals surface area contributed by atoms with E-state index in [-0.39, 0.29) is 0 Å². The first-order valence-electron chi connectivity index (χ1n) is 6.26. The van der Waals surface area contributed by atoms with Gasteiger partial charge in [0, 0.05) is 29.4 Å². The van der Waals surface area contributed by atoms with Gasteiger partial charge in [0.05, 0.1) is 12.7 Å².